The van der Waals surface area contributed by atoms with Gasteiger partial charge in [-0.2, -0.15) is 0 Å². The summed E-state index contributed by atoms with van der Waals surface area (Å²) in [5.74, 6) is 0.667. The van der Waals surface area contributed by atoms with Crippen LogP contribution in [0.1, 0.15) is 19.8 Å². The van der Waals surface area contributed by atoms with E-state index in [4.69, 9.17) is 23.7 Å². The minimum Gasteiger partial charge on any atom is -0.491 e. The van der Waals surface area contributed by atoms with Gasteiger partial charge in [0.25, 0.3) is 0 Å². The van der Waals surface area contributed by atoms with Gasteiger partial charge in [-0.3, -0.25) is 4.79 Å². The van der Waals surface area contributed by atoms with E-state index in [1.807, 2.05) is 37.3 Å². The van der Waals surface area contributed by atoms with E-state index in [1.54, 1.807) is 0 Å². The summed E-state index contributed by atoms with van der Waals surface area (Å²) in [6.07, 6.45) is 1.26. The van der Waals surface area contributed by atoms with Crippen LogP contribution >= 0.6 is 0 Å². The second-order valence-corrected chi connectivity index (χ2v) is 4.97. The molecule has 0 N–H and O–H groups in total. The second kappa shape index (κ2) is 14.9. The molecule has 0 amide bonds. The molecule has 0 unspecified atom stereocenters. The van der Waals surface area contributed by atoms with Gasteiger partial charge >= 0.3 is 5.97 Å². The van der Waals surface area contributed by atoms with Crippen LogP contribution in [0.2, 0.25) is 0 Å². The SMILES string of the molecule is CCCC(=O)OCCOCCOCCOCCOc1ccccc1. The van der Waals surface area contributed by atoms with E-state index in [9.17, 15) is 4.79 Å². The zero-order valence-electron chi connectivity index (χ0n) is 14.4. The number of rotatable bonds is 15. The molecule has 0 saturated carbocycles. The van der Waals surface area contributed by atoms with Crippen LogP contribution in [0.15, 0.2) is 30.3 Å². The Morgan fingerprint density at radius 1 is 0.792 bits per heavy atom. The van der Waals surface area contributed by atoms with E-state index >= 15 is 0 Å². The third-order valence-electron chi connectivity index (χ3n) is 2.93. The fourth-order valence-electron chi connectivity index (χ4n) is 1.77. The van der Waals surface area contributed by atoms with Gasteiger partial charge in [0.2, 0.25) is 0 Å². The molecule has 0 heterocycles. The number of benzene rings is 1. The lowest BCUT2D eigenvalue weighted by Gasteiger charge is -2.08. The third-order valence-corrected chi connectivity index (χ3v) is 2.93. The van der Waals surface area contributed by atoms with Crippen LogP contribution in [0.25, 0.3) is 0 Å². The van der Waals surface area contributed by atoms with Gasteiger partial charge in [0.1, 0.15) is 19.0 Å². The number of carbonyl (C=O) groups is 1. The first kappa shape index (κ1) is 20.4. The standard InChI is InChI=1S/C18H28O6/c1-2-6-18(19)24-16-14-22-12-10-20-9-11-21-13-15-23-17-7-4-3-5-8-17/h3-5,7-8H,2,6,9-16H2,1H3. The number of para-hydroxylation sites is 1. The fraction of sp³-hybridized carbons (Fsp3) is 0.611. The van der Waals surface area contributed by atoms with Crippen molar-refractivity contribution in [3.8, 4) is 5.75 Å². The highest BCUT2D eigenvalue weighted by atomic mass is 16.6. The Labute approximate surface area is 144 Å². The van der Waals surface area contributed by atoms with Gasteiger partial charge in [-0.15, -0.1) is 0 Å². The van der Waals surface area contributed by atoms with Crippen molar-refractivity contribution in [1.82, 2.24) is 0 Å². The normalized spacial score (nSPS) is 10.5. The Balaban J connectivity index is 1.75. The van der Waals surface area contributed by atoms with Gasteiger partial charge in [-0.1, -0.05) is 25.1 Å². The van der Waals surface area contributed by atoms with Crippen molar-refractivity contribution in [2.45, 2.75) is 19.8 Å². The molecule has 0 aliphatic rings. The van der Waals surface area contributed by atoms with Gasteiger partial charge in [0.15, 0.2) is 0 Å². The average Bonchev–Trinajstić information content (AvgIpc) is 2.60. The van der Waals surface area contributed by atoms with E-state index < -0.39 is 0 Å². The maximum Gasteiger partial charge on any atom is 0.305 e. The average molecular weight is 340 g/mol. The van der Waals surface area contributed by atoms with Gasteiger partial charge in [-0.25, -0.2) is 0 Å². The van der Waals surface area contributed by atoms with Crippen LogP contribution in [-0.4, -0.2) is 58.8 Å². The van der Waals surface area contributed by atoms with Crippen molar-refractivity contribution >= 4 is 5.97 Å². The molecule has 1 aromatic rings. The number of hydrogen-bond donors (Lipinski definition) is 0. The molecule has 0 fully saturated rings. The first-order chi connectivity index (χ1) is 11.8. The van der Waals surface area contributed by atoms with Gasteiger partial charge in [0.05, 0.1) is 39.6 Å². The molecular weight excluding hydrogens is 312 g/mol. The Kier molecular flexibility index (Phi) is 12.7. The van der Waals surface area contributed by atoms with Crippen LogP contribution in [0.3, 0.4) is 0 Å². The third kappa shape index (κ3) is 11.9. The Hall–Kier alpha value is -1.63. The molecule has 6 heteroatoms. The molecular formula is C18H28O6. The van der Waals surface area contributed by atoms with Gasteiger partial charge in [0, 0.05) is 6.42 Å². The summed E-state index contributed by atoms with van der Waals surface area (Å²) >= 11 is 0. The minimum atomic E-state index is -0.175. The Morgan fingerprint density at radius 2 is 1.33 bits per heavy atom. The van der Waals surface area contributed by atoms with Crippen molar-refractivity contribution in [1.29, 1.82) is 0 Å². The molecule has 6 nitrogen and oxygen atoms in total. The maximum absolute atomic E-state index is 11.1. The number of ether oxygens (including phenoxy) is 5. The first-order valence-corrected chi connectivity index (χ1v) is 8.39. The summed E-state index contributed by atoms with van der Waals surface area (Å²) < 4.78 is 26.5. The highest BCUT2D eigenvalue weighted by molar-refractivity contribution is 5.69. The minimum absolute atomic E-state index is 0.175. The molecule has 0 spiro atoms. The molecule has 0 radical (unpaired) electrons. The van der Waals surface area contributed by atoms with Crippen molar-refractivity contribution in [2.24, 2.45) is 0 Å². The van der Waals surface area contributed by atoms with Crippen molar-refractivity contribution < 1.29 is 28.5 Å². The largest absolute Gasteiger partial charge is 0.491 e. The summed E-state index contributed by atoms with van der Waals surface area (Å²) in [7, 11) is 0. The second-order valence-electron chi connectivity index (χ2n) is 4.97. The molecule has 0 saturated heterocycles. The molecule has 0 atom stereocenters. The molecule has 1 aromatic carbocycles. The van der Waals surface area contributed by atoms with Crippen molar-refractivity contribution in [2.75, 3.05) is 52.9 Å². The van der Waals surface area contributed by atoms with Crippen LogP contribution in [0.4, 0.5) is 0 Å². The lowest BCUT2D eigenvalue weighted by Crippen LogP contribution is -2.14. The topological polar surface area (TPSA) is 63.2 Å². The monoisotopic (exact) mass is 340 g/mol. The maximum atomic E-state index is 11.1. The van der Waals surface area contributed by atoms with Crippen LogP contribution in [0.5, 0.6) is 5.75 Å². The summed E-state index contributed by atoms with van der Waals surface area (Å²) in [5, 5.41) is 0. The predicted octanol–water partition coefficient (Wildman–Crippen LogP) is 2.46. The molecule has 0 aromatic heterocycles. The lowest BCUT2D eigenvalue weighted by atomic mass is 10.3. The smallest absolute Gasteiger partial charge is 0.305 e. The molecule has 136 valence electrons. The highest BCUT2D eigenvalue weighted by Crippen LogP contribution is 2.07. The van der Waals surface area contributed by atoms with Crippen molar-refractivity contribution in [3.05, 3.63) is 30.3 Å². The summed E-state index contributed by atoms with van der Waals surface area (Å²) in [6.45, 7) is 5.68. The summed E-state index contributed by atoms with van der Waals surface area (Å²) in [5.41, 5.74) is 0. The van der Waals surface area contributed by atoms with E-state index in [1.165, 1.54) is 0 Å². The van der Waals surface area contributed by atoms with E-state index in [0.29, 0.717) is 59.3 Å². The number of carbonyl (C=O) groups excluding carboxylic acids is 1. The number of esters is 1. The summed E-state index contributed by atoms with van der Waals surface area (Å²) in [6, 6.07) is 9.63. The zero-order chi connectivity index (χ0) is 17.3. The lowest BCUT2D eigenvalue weighted by molar-refractivity contribution is -0.145. The molecule has 1 rings (SSSR count). The molecule has 0 aliphatic carbocycles. The van der Waals surface area contributed by atoms with E-state index in [0.717, 1.165) is 12.2 Å². The van der Waals surface area contributed by atoms with Crippen LogP contribution in [-0.2, 0) is 23.7 Å². The Morgan fingerprint density at radius 3 is 1.92 bits per heavy atom. The van der Waals surface area contributed by atoms with Crippen LogP contribution in [0, 0.1) is 0 Å². The highest BCUT2D eigenvalue weighted by Gasteiger charge is 1.99. The van der Waals surface area contributed by atoms with Crippen LogP contribution < -0.4 is 4.74 Å². The van der Waals surface area contributed by atoms with Crippen molar-refractivity contribution in [3.63, 3.8) is 0 Å². The van der Waals surface area contributed by atoms with E-state index in [-0.39, 0.29) is 5.97 Å². The molecule has 0 aliphatic heterocycles. The zero-order valence-corrected chi connectivity index (χ0v) is 14.4. The number of hydrogen-bond acceptors (Lipinski definition) is 6. The predicted molar refractivity (Wildman–Crippen MR) is 90.3 cm³/mol. The molecule has 0 bridgehead atoms. The van der Waals surface area contributed by atoms with E-state index in [2.05, 4.69) is 0 Å². The molecule has 24 heavy (non-hydrogen) atoms. The Bertz CT molecular complexity index is 409. The van der Waals surface area contributed by atoms with Gasteiger partial charge < -0.3 is 23.7 Å². The van der Waals surface area contributed by atoms with Gasteiger partial charge in [-0.05, 0) is 18.6 Å². The first-order valence-electron chi connectivity index (χ1n) is 8.39. The quantitative estimate of drug-likeness (QED) is 0.361. The summed E-state index contributed by atoms with van der Waals surface area (Å²) in [4.78, 5) is 11.1. The fourth-order valence-corrected chi connectivity index (χ4v) is 1.77.